The van der Waals surface area contributed by atoms with E-state index in [0.29, 0.717) is 0 Å². The molecule has 0 radical (unpaired) electrons. The fourth-order valence-corrected chi connectivity index (χ4v) is 1.96. The molecular weight excluding hydrogens is 206 g/mol. The number of nitrogens with two attached hydrogens (primary N) is 1. The van der Waals surface area contributed by atoms with E-state index in [1.807, 2.05) is 17.2 Å². The summed E-state index contributed by atoms with van der Waals surface area (Å²) < 4.78 is 0. The van der Waals surface area contributed by atoms with Gasteiger partial charge in [0.25, 0.3) is 0 Å². The van der Waals surface area contributed by atoms with Crippen LogP contribution in [0.1, 0.15) is 6.42 Å². The molecule has 15 heavy (non-hydrogen) atoms. The molecule has 4 heteroatoms. The maximum Gasteiger partial charge on any atom is 0.108 e. The van der Waals surface area contributed by atoms with Crippen molar-refractivity contribution in [1.29, 1.82) is 5.26 Å². The summed E-state index contributed by atoms with van der Waals surface area (Å²) in [6.45, 7) is 8.37. The number of thioether (sulfide) groups is 1. The molecule has 2 N–H and O–H groups in total. The first kappa shape index (κ1) is 11.9. The molecular formula is C11H15N3S. The topological polar surface area (TPSA) is 53.0 Å². The molecule has 0 bridgehead atoms. The van der Waals surface area contributed by atoms with Gasteiger partial charge >= 0.3 is 0 Å². The molecule has 1 aliphatic rings. The van der Waals surface area contributed by atoms with Crippen molar-refractivity contribution in [3.05, 3.63) is 35.9 Å². The molecule has 0 aromatic heterocycles. The molecule has 0 amide bonds. The van der Waals surface area contributed by atoms with Crippen molar-refractivity contribution in [2.45, 2.75) is 12.6 Å². The minimum atomic E-state index is -0.208. The summed E-state index contributed by atoms with van der Waals surface area (Å²) in [6, 6.07) is 2.14. The third kappa shape index (κ3) is 3.15. The fourth-order valence-electron chi connectivity index (χ4n) is 1.32. The maximum absolute atomic E-state index is 8.72. The second-order valence-corrected chi connectivity index (χ2v) is 4.41. The molecule has 1 heterocycles. The van der Waals surface area contributed by atoms with Crippen molar-refractivity contribution in [2.24, 2.45) is 5.73 Å². The lowest BCUT2D eigenvalue weighted by atomic mass is 10.3. The Bertz CT molecular complexity index is 327. The van der Waals surface area contributed by atoms with Crippen LogP contribution in [0.3, 0.4) is 0 Å². The van der Waals surface area contributed by atoms with Crippen molar-refractivity contribution in [3.8, 4) is 6.07 Å². The Morgan fingerprint density at radius 1 is 1.87 bits per heavy atom. The van der Waals surface area contributed by atoms with E-state index in [2.05, 4.69) is 19.2 Å². The smallest absolute Gasteiger partial charge is 0.108 e. The zero-order valence-corrected chi connectivity index (χ0v) is 9.46. The van der Waals surface area contributed by atoms with Crippen LogP contribution in [0.15, 0.2) is 35.9 Å². The van der Waals surface area contributed by atoms with Gasteiger partial charge < -0.3 is 10.6 Å². The molecule has 0 saturated heterocycles. The number of rotatable bonds is 5. The first-order chi connectivity index (χ1) is 7.19. The maximum atomic E-state index is 8.72. The van der Waals surface area contributed by atoms with Crippen LogP contribution < -0.4 is 5.73 Å². The van der Waals surface area contributed by atoms with Crippen molar-refractivity contribution in [3.63, 3.8) is 0 Å². The summed E-state index contributed by atoms with van der Waals surface area (Å²) >= 11 is 1.59. The van der Waals surface area contributed by atoms with Crippen LogP contribution in [0, 0.1) is 11.3 Å². The Balaban J connectivity index is 2.51. The van der Waals surface area contributed by atoms with Crippen LogP contribution in [-0.2, 0) is 0 Å². The molecule has 0 aliphatic carbocycles. The SMILES string of the molecule is C=CCSC(=C)C(N)N1C=C(C#N)CC1. The largest absolute Gasteiger partial charge is 0.357 e. The predicted octanol–water partition coefficient (Wildman–Crippen LogP) is 1.82. The fraction of sp³-hybridized carbons (Fsp3) is 0.364. The molecule has 1 aliphatic heterocycles. The molecule has 0 aromatic carbocycles. The Morgan fingerprint density at radius 2 is 2.60 bits per heavy atom. The summed E-state index contributed by atoms with van der Waals surface area (Å²) in [7, 11) is 0. The van der Waals surface area contributed by atoms with Gasteiger partial charge in [0.05, 0.1) is 6.07 Å². The number of hydrogen-bond acceptors (Lipinski definition) is 4. The van der Waals surface area contributed by atoms with E-state index in [9.17, 15) is 0 Å². The van der Waals surface area contributed by atoms with Crippen molar-refractivity contribution in [1.82, 2.24) is 4.90 Å². The number of hydrogen-bond donors (Lipinski definition) is 1. The summed E-state index contributed by atoms with van der Waals surface area (Å²) in [4.78, 5) is 2.86. The van der Waals surface area contributed by atoms with Crippen LogP contribution >= 0.6 is 11.8 Å². The van der Waals surface area contributed by atoms with Crippen molar-refractivity contribution < 1.29 is 0 Å². The highest BCUT2D eigenvalue weighted by molar-refractivity contribution is 8.03. The van der Waals surface area contributed by atoms with E-state index < -0.39 is 0 Å². The summed E-state index contributed by atoms with van der Waals surface area (Å²) in [5.74, 6) is 0.815. The van der Waals surface area contributed by atoms with Gasteiger partial charge in [-0.25, -0.2) is 0 Å². The van der Waals surface area contributed by atoms with Crippen LogP contribution in [0.25, 0.3) is 0 Å². The molecule has 1 rings (SSSR count). The predicted molar refractivity (Wildman–Crippen MR) is 64.8 cm³/mol. The van der Waals surface area contributed by atoms with E-state index >= 15 is 0 Å². The third-order valence-electron chi connectivity index (χ3n) is 2.18. The standard InChI is InChI=1S/C11H15N3S/c1-3-6-15-9(2)11(13)14-5-4-10(7-12)8-14/h3,8,11H,1-2,4-6,13H2. The van der Waals surface area contributed by atoms with Gasteiger partial charge in [0.15, 0.2) is 0 Å². The number of nitrogens with zero attached hydrogens (tertiary/aromatic N) is 2. The van der Waals surface area contributed by atoms with Gasteiger partial charge in [-0.2, -0.15) is 5.26 Å². The van der Waals surface area contributed by atoms with Gasteiger partial charge in [-0.15, -0.1) is 18.3 Å². The summed E-state index contributed by atoms with van der Waals surface area (Å²) in [6.07, 6.45) is 4.22. The molecule has 0 fully saturated rings. The van der Waals surface area contributed by atoms with Crippen LogP contribution in [0.2, 0.25) is 0 Å². The Hall–Kier alpha value is -1.18. The van der Waals surface area contributed by atoms with E-state index in [1.54, 1.807) is 11.8 Å². The number of nitriles is 1. The monoisotopic (exact) mass is 221 g/mol. The lowest BCUT2D eigenvalue weighted by molar-refractivity contribution is 0.348. The second-order valence-electron chi connectivity index (χ2n) is 3.26. The van der Waals surface area contributed by atoms with Crippen molar-refractivity contribution in [2.75, 3.05) is 12.3 Å². The molecule has 0 saturated carbocycles. The summed E-state index contributed by atoms with van der Waals surface area (Å²) in [5, 5.41) is 8.72. The summed E-state index contributed by atoms with van der Waals surface area (Å²) in [5.41, 5.74) is 6.78. The molecule has 3 nitrogen and oxygen atoms in total. The zero-order chi connectivity index (χ0) is 11.3. The van der Waals surface area contributed by atoms with E-state index in [1.165, 1.54) is 0 Å². The first-order valence-electron chi connectivity index (χ1n) is 4.73. The second kappa shape index (κ2) is 5.64. The molecule has 80 valence electrons. The highest BCUT2D eigenvalue weighted by Crippen LogP contribution is 2.23. The quantitative estimate of drug-likeness (QED) is 0.719. The molecule has 1 unspecified atom stereocenters. The van der Waals surface area contributed by atoms with E-state index in [4.69, 9.17) is 11.0 Å². The van der Waals surface area contributed by atoms with Gasteiger partial charge in [0.2, 0.25) is 0 Å². The molecule has 1 atom stereocenters. The van der Waals surface area contributed by atoms with Crippen LogP contribution in [0.4, 0.5) is 0 Å². The average Bonchev–Trinajstić information content (AvgIpc) is 2.73. The molecule has 0 aromatic rings. The van der Waals surface area contributed by atoms with Gasteiger partial charge in [-0.3, -0.25) is 0 Å². The lowest BCUT2D eigenvalue weighted by Crippen LogP contribution is -2.37. The minimum Gasteiger partial charge on any atom is -0.357 e. The van der Waals surface area contributed by atoms with Gasteiger partial charge in [0.1, 0.15) is 6.17 Å². The average molecular weight is 221 g/mol. The van der Waals surface area contributed by atoms with E-state index in [-0.39, 0.29) is 6.17 Å². The van der Waals surface area contributed by atoms with Crippen LogP contribution in [-0.4, -0.2) is 23.4 Å². The third-order valence-corrected chi connectivity index (χ3v) is 3.19. The Kier molecular flexibility index (Phi) is 4.47. The Labute approximate surface area is 94.9 Å². The van der Waals surface area contributed by atoms with Gasteiger partial charge in [-0.1, -0.05) is 12.7 Å². The Morgan fingerprint density at radius 3 is 3.13 bits per heavy atom. The first-order valence-corrected chi connectivity index (χ1v) is 5.72. The normalized spacial score (nSPS) is 16.8. The highest BCUT2D eigenvalue weighted by Gasteiger charge is 2.19. The zero-order valence-electron chi connectivity index (χ0n) is 8.65. The van der Waals surface area contributed by atoms with E-state index in [0.717, 1.165) is 29.2 Å². The van der Waals surface area contributed by atoms with Gasteiger partial charge in [-0.05, 0) is 0 Å². The highest BCUT2D eigenvalue weighted by atomic mass is 32.2. The minimum absolute atomic E-state index is 0.208. The van der Waals surface area contributed by atoms with Crippen LogP contribution in [0.5, 0.6) is 0 Å². The lowest BCUT2D eigenvalue weighted by Gasteiger charge is -2.25. The molecule has 0 spiro atoms. The van der Waals surface area contributed by atoms with Gasteiger partial charge in [0, 0.05) is 35.4 Å². The van der Waals surface area contributed by atoms with Crippen molar-refractivity contribution >= 4 is 11.8 Å².